The molecule has 7 heteroatoms. The lowest BCUT2D eigenvalue weighted by Gasteiger charge is -2.31. The summed E-state index contributed by atoms with van der Waals surface area (Å²) in [4.78, 5) is 17.0. The molecule has 29 heavy (non-hydrogen) atoms. The van der Waals surface area contributed by atoms with E-state index in [1.165, 1.54) is 0 Å². The third kappa shape index (κ3) is 6.71. The molecule has 1 heterocycles. The highest BCUT2D eigenvalue weighted by atomic mass is 32.2. The number of ether oxygens (including phenoxy) is 1. The summed E-state index contributed by atoms with van der Waals surface area (Å²) in [6.07, 6.45) is 0.632. The van der Waals surface area contributed by atoms with Crippen molar-refractivity contribution in [2.24, 2.45) is 0 Å². The van der Waals surface area contributed by atoms with E-state index in [9.17, 15) is 13.2 Å². The van der Waals surface area contributed by atoms with Crippen LogP contribution in [0, 0.1) is 6.92 Å². The Morgan fingerprint density at radius 2 is 1.90 bits per heavy atom. The van der Waals surface area contributed by atoms with Crippen LogP contribution >= 0.6 is 0 Å². The number of hydrogen-bond acceptors (Lipinski definition) is 5. The largest absolute Gasteiger partial charge is 0.481 e. The fourth-order valence-electron chi connectivity index (χ4n) is 3.63. The number of carbonyl (C=O) groups is 1. The van der Waals surface area contributed by atoms with Gasteiger partial charge in [0.15, 0.2) is 15.9 Å². The van der Waals surface area contributed by atoms with E-state index in [2.05, 4.69) is 24.8 Å². The lowest BCUT2D eigenvalue weighted by Crippen LogP contribution is -2.48. The van der Waals surface area contributed by atoms with E-state index in [0.717, 1.165) is 24.1 Å². The van der Waals surface area contributed by atoms with Crippen LogP contribution in [0.25, 0.3) is 0 Å². The van der Waals surface area contributed by atoms with Gasteiger partial charge in [0.2, 0.25) is 0 Å². The Hall–Kier alpha value is -1.60. The minimum absolute atomic E-state index is 0.0509. The van der Waals surface area contributed by atoms with Crippen molar-refractivity contribution < 1.29 is 17.9 Å². The van der Waals surface area contributed by atoms with E-state index >= 15 is 0 Å². The first kappa shape index (κ1) is 23.7. The van der Waals surface area contributed by atoms with Crippen LogP contribution in [0.2, 0.25) is 0 Å². The molecular weight excluding hydrogens is 388 g/mol. The first-order valence-electron chi connectivity index (χ1n) is 10.4. The number of rotatable bonds is 9. The Labute approximate surface area is 176 Å². The Balaban J connectivity index is 2.15. The Morgan fingerprint density at radius 3 is 2.45 bits per heavy atom. The minimum Gasteiger partial charge on any atom is -0.481 e. The molecule has 1 aromatic rings. The summed E-state index contributed by atoms with van der Waals surface area (Å²) in [5, 5.41) is 0. The summed E-state index contributed by atoms with van der Waals surface area (Å²) in [6, 6.07) is 5.83. The molecule has 2 rings (SSSR count). The first-order valence-corrected chi connectivity index (χ1v) is 12.2. The molecule has 0 spiro atoms. The second kappa shape index (κ2) is 9.94. The lowest BCUT2D eigenvalue weighted by molar-refractivity contribution is -0.140. The van der Waals surface area contributed by atoms with Crippen LogP contribution in [-0.4, -0.2) is 75.0 Å². The summed E-state index contributed by atoms with van der Waals surface area (Å²) in [5.74, 6) is 1.15. The molecule has 0 aromatic heterocycles. The van der Waals surface area contributed by atoms with Gasteiger partial charge in [-0.3, -0.25) is 4.79 Å². The maximum absolute atomic E-state index is 13.2. The molecule has 1 aliphatic rings. The average molecular weight is 425 g/mol. The molecule has 164 valence electrons. The molecule has 2 atom stereocenters. The number of aryl methyl sites for hydroxylation is 1. The summed E-state index contributed by atoms with van der Waals surface area (Å²) < 4.78 is 30.0. The molecule has 0 N–H and O–H groups in total. The number of benzene rings is 1. The van der Waals surface area contributed by atoms with Crippen LogP contribution in [0.1, 0.15) is 50.7 Å². The Bertz CT molecular complexity index is 805. The van der Waals surface area contributed by atoms with E-state index in [1.54, 1.807) is 11.8 Å². The molecule has 1 saturated heterocycles. The van der Waals surface area contributed by atoms with Crippen LogP contribution in [0.3, 0.4) is 0 Å². The van der Waals surface area contributed by atoms with E-state index < -0.39 is 15.9 Å². The SMILES string of the molecule is Cc1ccc(C(C)C)cc1OC(C)C(=O)N(CCCN(C)C)C1CCS(=O)(=O)C1. The van der Waals surface area contributed by atoms with Crippen LogP contribution in [0.4, 0.5) is 0 Å². The molecule has 1 amide bonds. The summed E-state index contributed by atoms with van der Waals surface area (Å²) in [6.45, 7) is 9.34. The van der Waals surface area contributed by atoms with Gasteiger partial charge in [-0.15, -0.1) is 0 Å². The van der Waals surface area contributed by atoms with Gasteiger partial charge < -0.3 is 14.5 Å². The molecule has 0 saturated carbocycles. The van der Waals surface area contributed by atoms with Crippen molar-refractivity contribution in [2.75, 3.05) is 38.7 Å². The van der Waals surface area contributed by atoms with Crippen LogP contribution in [-0.2, 0) is 14.6 Å². The molecule has 0 bridgehead atoms. The fraction of sp³-hybridized carbons (Fsp3) is 0.682. The fourth-order valence-corrected chi connectivity index (χ4v) is 5.36. The van der Waals surface area contributed by atoms with Gasteiger partial charge in [0.05, 0.1) is 11.5 Å². The van der Waals surface area contributed by atoms with Crippen molar-refractivity contribution in [3.05, 3.63) is 29.3 Å². The highest BCUT2D eigenvalue weighted by molar-refractivity contribution is 7.91. The molecule has 6 nitrogen and oxygen atoms in total. The quantitative estimate of drug-likeness (QED) is 0.610. The van der Waals surface area contributed by atoms with Gasteiger partial charge in [-0.1, -0.05) is 26.0 Å². The molecule has 1 aliphatic heterocycles. The number of hydrogen-bond donors (Lipinski definition) is 0. The zero-order chi connectivity index (χ0) is 21.8. The van der Waals surface area contributed by atoms with Crippen molar-refractivity contribution >= 4 is 15.7 Å². The number of amides is 1. The minimum atomic E-state index is -3.07. The van der Waals surface area contributed by atoms with Crippen molar-refractivity contribution in [1.29, 1.82) is 0 Å². The third-order valence-electron chi connectivity index (χ3n) is 5.47. The maximum atomic E-state index is 13.2. The summed E-state index contributed by atoms with van der Waals surface area (Å²) in [7, 11) is 0.910. The van der Waals surface area contributed by atoms with Gasteiger partial charge >= 0.3 is 0 Å². The van der Waals surface area contributed by atoms with Crippen molar-refractivity contribution in [3.8, 4) is 5.75 Å². The van der Waals surface area contributed by atoms with E-state index in [4.69, 9.17) is 4.74 Å². The van der Waals surface area contributed by atoms with Crippen molar-refractivity contribution in [2.45, 2.75) is 58.6 Å². The molecule has 0 aliphatic carbocycles. The predicted molar refractivity (Wildman–Crippen MR) is 117 cm³/mol. The topological polar surface area (TPSA) is 66.9 Å². The molecular formula is C22H36N2O4S. The van der Waals surface area contributed by atoms with Crippen molar-refractivity contribution in [3.63, 3.8) is 0 Å². The molecule has 1 aromatic carbocycles. The zero-order valence-corrected chi connectivity index (χ0v) is 19.5. The van der Waals surface area contributed by atoms with Gasteiger partial charge in [0.25, 0.3) is 5.91 Å². The second-order valence-corrected chi connectivity index (χ2v) is 10.9. The molecule has 1 fully saturated rings. The molecule has 2 unspecified atom stereocenters. The Morgan fingerprint density at radius 1 is 1.21 bits per heavy atom. The van der Waals surface area contributed by atoms with Crippen LogP contribution < -0.4 is 4.74 Å². The smallest absolute Gasteiger partial charge is 0.263 e. The number of nitrogens with zero attached hydrogens (tertiary/aromatic N) is 2. The average Bonchev–Trinajstić information content (AvgIpc) is 2.99. The maximum Gasteiger partial charge on any atom is 0.263 e. The number of sulfone groups is 1. The summed E-state index contributed by atoms with van der Waals surface area (Å²) in [5.41, 5.74) is 2.15. The lowest BCUT2D eigenvalue weighted by atomic mass is 10.0. The van der Waals surface area contributed by atoms with E-state index in [-0.39, 0.29) is 23.5 Å². The normalized spacial score (nSPS) is 19.5. The molecule has 0 radical (unpaired) electrons. The number of carbonyl (C=O) groups excluding carboxylic acids is 1. The summed E-state index contributed by atoms with van der Waals surface area (Å²) >= 11 is 0. The van der Waals surface area contributed by atoms with E-state index in [1.807, 2.05) is 33.2 Å². The zero-order valence-electron chi connectivity index (χ0n) is 18.6. The second-order valence-electron chi connectivity index (χ2n) is 8.69. The van der Waals surface area contributed by atoms with E-state index in [0.29, 0.717) is 24.6 Å². The third-order valence-corrected chi connectivity index (χ3v) is 7.22. The standard InChI is InChI=1S/C22H36N2O4S/c1-16(2)19-9-8-17(3)21(14-19)28-18(4)22(25)24(12-7-11-23(5)6)20-10-13-29(26,27)15-20/h8-9,14,16,18,20H,7,10-13,15H2,1-6H3. The monoisotopic (exact) mass is 424 g/mol. The highest BCUT2D eigenvalue weighted by Crippen LogP contribution is 2.26. The highest BCUT2D eigenvalue weighted by Gasteiger charge is 2.36. The first-order chi connectivity index (χ1) is 13.5. The Kier molecular flexibility index (Phi) is 8.11. The van der Waals surface area contributed by atoms with Gasteiger partial charge in [-0.05, 0) is 70.4 Å². The van der Waals surface area contributed by atoms with Gasteiger partial charge in [0, 0.05) is 12.6 Å². The van der Waals surface area contributed by atoms with Crippen molar-refractivity contribution in [1.82, 2.24) is 9.80 Å². The van der Waals surface area contributed by atoms with Crippen LogP contribution in [0.5, 0.6) is 5.75 Å². The van der Waals surface area contributed by atoms with Gasteiger partial charge in [-0.25, -0.2) is 8.42 Å². The van der Waals surface area contributed by atoms with Gasteiger partial charge in [0.1, 0.15) is 5.75 Å². The van der Waals surface area contributed by atoms with Gasteiger partial charge in [-0.2, -0.15) is 0 Å². The van der Waals surface area contributed by atoms with Crippen LogP contribution in [0.15, 0.2) is 18.2 Å². The predicted octanol–water partition coefficient (Wildman–Crippen LogP) is 2.85.